The molecule has 0 radical (unpaired) electrons. The van der Waals surface area contributed by atoms with E-state index >= 15 is 0 Å². The molecule has 0 unspecified atom stereocenters. The third-order valence-corrected chi connectivity index (χ3v) is 2.72. The lowest BCUT2D eigenvalue weighted by Crippen LogP contribution is -2.39. The minimum atomic E-state index is -4.37. The van der Waals surface area contributed by atoms with E-state index in [9.17, 15) is 22.7 Å². The highest BCUT2D eigenvalue weighted by atomic mass is 19.4. The standard InChI is InChI=1S/C13H17F4NO/c1-8(2)18(7-13(15,16)17)12-5-4-10(14)6-11(12)9(3)19/h4-6,8-9,19H,7H2,1-3H3/t9-/m1/s1. The van der Waals surface area contributed by atoms with Gasteiger partial charge in [-0.1, -0.05) is 0 Å². The average molecular weight is 279 g/mol. The van der Waals surface area contributed by atoms with Crippen LogP contribution in [0.15, 0.2) is 18.2 Å². The molecular weight excluding hydrogens is 262 g/mol. The van der Waals surface area contributed by atoms with E-state index < -0.39 is 30.7 Å². The van der Waals surface area contributed by atoms with Crippen molar-refractivity contribution in [2.45, 2.75) is 39.1 Å². The molecule has 0 fully saturated rings. The highest BCUT2D eigenvalue weighted by Crippen LogP contribution is 2.31. The van der Waals surface area contributed by atoms with Gasteiger partial charge in [0.15, 0.2) is 0 Å². The van der Waals surface area contributed by atoms with Gasteiger partial charge in [0, 0.05) is 17.3 Å². The van der Waals surface area contributed by atoms with Crippen molar-refractivity contribution < 1.29 is 22.7 Å². The van der Waals surface area contributed by atoms with Crippen LogP contribution in [0, 0.1) is 5.82 Å². The Balaban J connectivity index is 3.23. The van der Waals surface area contributed by atoms with E-state index in [1.165, 1.54) is 13.0 Å². The van der Waals surface area contributed by atoms with E-state index in [-0.39, 0.29) is 11.3 Å². The van der Waals surface area contributed by atoms with Crippen LogP contribution in [-0.4, -0.2) is 23.9 Å². The first-order valence-corrected chi connectivity index (χ1v) is 5.92. The summed E-state index contributed by atoms with van der Waals surface area (Å²) < 4.78 is 50.9. The Kier molecular flexibility index (Phi) is 4.79. The number of hydrogen-bond donors (Lipinski definition) is 1. The molecule has 108 valence electrons. The van der Waals surface area contributed by atoms with Gasteiger partial charge in [-0.3, -0.25) is 0 Å². The van der Waals surface area contributed by atoms with Crippen LogP contribution in [0.2, 0.25) is 0 Å². The molecule has 0 spiro atoms. The van der Waals surface area contributed by atoms with Gasteiger partial charge < -0.3 is 10.0 Å². The van der Waals surface area contributed by atoms with Crippen LogP contribution >= 0.6 is 0 Å². The van der Waals surface area contributed by atoms with Crippen LogP contribution in [0.4, 0.5) is 23.2 Å². The summed E-state index contributed by atoms with van der Waals surface area (Å²) in [5.74, 6) is -0.588. The molecule has 0 heterocycles. The third kappa shape index (κ3) is 4.38. The van der Waals surface area contributed by atoms with Crippen LogP contribution in [-0.2, 0) is 0 Å². The van der Waals surface area contributed by atoms with Crippen molar-refractivity contribution in [3.8, 4) is 0 Å². The molecular formula is C13H17F4NO. The highest BCUT2D eigenvalue weighted by Gasteiger charge is 2.33. The predicted molar refractivity (Wildman–Crippen MR) is 65.6 cm³/mol. The van der Waals surface area contributed by atoms with Crippen LogP contribution in [0.1, 0.15) is 32.4 Å². The number of nitrogens with zero attached hydrogens (tertiary/aromatic N) is 1. The molecule has 6 heteroatoms. The molecule has 0 aliphatic carbocycles. The summed E-state index contributed by atoms with van der Waals surface area (Å²) in [6.45, 7) is 3.47. The maximum absolute atomic E-state index is 13.2. The van der Waals surface area contributed by atoms with Gasteiger partial charge in [0.25, 0.3) is 0 Å². The largest absolute Gasteiger partial charge is 0.405 e. The van der Waals surface area contributed by atoms with Crippen molar-refractivity contribution >= 4 is 5.69 Å². The van der Waals surface area contributed by atoms with Crippen LogP contribution < -0.4 is 4.90 Å². The first kappa shape index (κ1) is 15.8. The Morgan fingerprint density at radius 3 is 2.21 bits per heavy atom. The molecule has 0 aliphatic heterocycles. The lowest BCUT2D eigenvalue weighted by atomic mass is 10.1. The maximum atomic E-state index is 13.2. The summed E-state index contributed by atoms with van der Waals surface area (Å²) in [5.41, 5.74) is 0.349. The van der Waals surface area contributed by atoms with E-state index in [4.69, 9.17) is 0 Å². The molecule has 1 N–H and O–H groups in total. The first-order chi connectivity index (χ1) is 8.61. The van der Waals surface area contributed by atoms with Crippen molar-refractivity contribution in [2.24, 2.45) is 0 Å². The van der Waals surface area contributed by atoms with Gasteiger partial charge in [0.05, 0.1) is 6.10 Å². The molecule has 19 heavy (non-hydrogen) atoms. The fraction of sp³-hybridized carbons (Fsp3) is 0.538. The molecule has 1 atom stereocenters. The molecule has 0 aromatic heterocycles. The molecule has 2 nitrogen and oxygen atoms in total. The summed E-state index contributed by atoms with van der Waals surface area (Å²) in [6, 6.07) is 2.99. The normalized spacial score (nSPS) is 13.7. The second-order valence-corrected chi connectivity index (χ2v) is 4.72. The number of benzene rings is 1. The highest BCUT2D eigenvalue weighted by molar-refractivity contribution is 5.55. The number of halogens is 4. The SMILES string of the molecule is CC(C)N(CC(F)(F)F)c1ccc(F)cc1[C@@H](C)O. The van der Waals surface area contributed by atoms with Crippen molar-refractivity contribution in [1.29, 1.82) is 0 Å². The van der Waals surface area contributed by atoms with Gasteiger partial charge >= 0.3 is 6.18 Å². The van der Waals surface area contributed by atoms with E-state index in [1.54, 1.807) is 13.8 Å². The van der Waals surface area contributed by atoms with E-state index in [0.29, 0.717) is 0 Å². The van der Waals surface area contributed by atoms with Crippen LogP contribution in [0.25, 0.3) is 0 Å². The molecule has 0 bridgehead atoms. The zero-order valence-corrected chi connectivity index (χ0v) is 11.0. The lowest BCUT2D eigenvalue weighted by Gasteiger charge is -2.32. The molecule has 0 saturated heterocycles. The maximum Gasteiger partial charge on any atom is 0.405 e. The molecule has 0 amide bonds. The molecule has 0 aliphatic rings. The van der Waals surface area contributed by atoms with Gasteiger partial charge in [-0.15, -0.1) is 0 Å². The molecule has 1 aromatic rings. The molecule has 1 aromatic carbocycles. The average Bonchev–Trinajstić information content (AvgIpc) is 2.24. The summed E-state index contributed by atoms with van der Waals surface area (Å²) in [7, 11) is 0. The van der Waals surface area contributed by atoms with Crippen LogP contribution in [0.3, 0.4) is 0 Å². The number of alkyl halides is 3. The Morgan fingerprint density at radius 2 is 1.79 bits per heavy atom. The Labute approximate surface area is 109 Å². The van der Waals surface area contributed by atoms with Gasteiger partial charge in [-0.05, 0) is 39.0 Å². The minimum Gasteiger partial charge on any atom is -0.389 e. The van der Waals surface area contributed by atoms with Crippen molar-refractivity contribution in [3.05, 3.63) is 29.6 Å². The summed E-state index contributed by atoms with van der Waals surface area (Å²) in [6.07, 6.45) is -5.41. The summed E-state index contributed by atoms with van der Waals surface area (Å²) in [4.78, 5) is 1.10. The fourth-order valence-corrected chi connectivity index (χ4v) is 1.86. The monoisotopic (exact) mass is 279 g/mol. The number of aliphatic hydroxyl groups excluding tert-OH is 1. The van der Waals surface area contributed by atoms with Gasteiger partial charge in [-0.2, -0.15) is 13.2 Å². The van der Waals surface area contributed by atoms with Gasteiger partial charge in [0.2, 0.25) is 0 Å². The number of rotatable bonds is 4. The predicted octanol–water partition coefficient (Wildman–Crippen LogP) is 3.66. The second kappa shape index (κ2) is 5.77. The summed E-state index contributed by atoms with van der Waals surface area (Å²) >= 11 is 0. The van der Waals surface area contributed by atoms with Crippen molar-refractivity contribution in [3.63, 3.8) is 0 Å². The number of anilines is 1. The van der Waals surface area contributed by atoms with Crippen molar-refractivity contribution in [1.82, 2.24) is 0 Å². The Hall–Kier alpha value is -1.30. The smallest absolute Gasteiger partial charge is 0.389 e. The zero-order valence-electron chi connectivity index (χ0n) is 11.0. The third-order valence-electron chi connectivity index (χ3n) is 2.72. The first-order valence-electron chi connectivity index (χ1n) is 5.92. The summed E-state index contributed by atoms with van der Waals surface area (Å²) in [5, 5.41) is 9.58. The van der Waals surface area contributed by atoms with Gasteiger partial charge in [0.1, 0.15) is 12.4 Å². The second-order valence-electron chi connectivity index (χ2n) is 4.72. The van der Waals surface area contributed by atoms with E-state index in [2.05, 4.69) is 0 Å². The van der Waals surface area contributed by atoms with Crippen molar-refractivity contribution in [2.75, 3.05) is 11.4 Å². The van der Waals surface area contributed by atoms with E-state index in [0.717, 1.165) is 17.0 Å². The van der Waals surface area contributed by atoms with Gasteiger partial charge in [-0.25, -0.2) is 4.39 Å². The van der Waals surface area contributed by atoms with E-state index in [1.807, 2.05) is 0 Å². The Bertz CT molecular complexity index is 429. The molecule has 1 rings (SSSR count). The number of aliphatic hydroxyl groups is 1. The topological polar surface area (TPSA) is 23.5 Å². The number of hydrogen-bond acceptors (Lipinski definition) is 2. The zero-order chi connectivity index (χ0) is 14.8. The fourth-order valence-electron chi connectivity index (χ4n) is 1.86. The lowest BCUT2D eigenvalue weighted by molar-refractivity contribution is -0.120. The minimum absolute atomic E-state index is 0.151. The van der Waals surface area contributed by atoms with Crippen LogP contribution in [0.5, 0.6) is 0 Å². The Morgan fingerprint density at radius 1 is 1.21 bits per heavy atom. The molecule has 0 saturated carbocycles. The quantitative estimate of drug-likeness (QED) is 0.850.